The van der Waals surface area contributed by atoms with Crippen LogP contribution in [0.2, 0.25) is 0 Å². The largest absolute Gasteiger partial charge is 0.313 e. The highest BCUT2D eigenvalue weighted by molar-refractivity contribution is 5.19. The molecule has 0 aliphatic heterocycles. The van der Waals surface area contributed by atoms with E-state index in [9.17, 15) is 0 Å². The smallest absolute Gasteiger partial charge is 0.0469 e. The Bertz CT molecular complexity index is 321. The minimum Gasteiger partial charge on any atom is -0.313 e. The van der Waals surface area contributed by atoms with Crippen LogP contribution in [-0.4, -0.2) is 31.1 Å². The van der Waals surface area contributed by atoms with E-state index in [1.54, 1.807) is 0 Å². The van der Waals surface area contributed by atoms with E-state index in [2.05, 4.69) is 68.4 Å². The van der Waals surface area contributed by atoms with Gasteiger partial charge in [-0.15, -0.1) is 0 Å². The highest BCUT2D eigenvalue weighted by Gasteiger charge is 2.16. The van der Waals surface area contributed by atoms with Gasteiger partial charge in [0.1, 0.15) is 0 Å². The standard InChI is InChI=1S/C17H30N2/c1-5-6-10-13-19(4)17(14-18-15(2)3)16-11-8-7-9-12-16/h7-9,11-12,15,17-18H,5-6,10,13-14H2,1-4H3. The Balaban J connectivity index is 2.63. The highest BCUT2D eigenvalue weighted by atomic mass is 15.1. The van der Waals surface area contributed by atoms with Crippen molar-refractivity contribution in [1.82, 2.24) is 10.2 Å². The van der Waals surface area contributed by atoms with Gasteiger partial charge in [-0.2, -0.15) is 0 Å². The molecule has 108 valence electrons. The summed E-state index contributed by atoms with van der Waals surface area (Å²) in [6.45, 7) is 8.87. The summed E-state index contributed by atoms with van der Waals surface area (Å²) >= 11 is 0. The number of unbranched alkanes of at least 4 members (excludes halogenated alkanes) is 2. The molecule has 0 amide bonds. The Morgan fingerprint density at radius 2 is 1.79 bits per heavy atom. The van der Waals surface area contributed by atoms with Crippen molar-refractivity contribution >= 4 is 0 Å². The molecule has 2 heteroatoms. The second kappa shape index (κ2) is 9.11. The quantitative estimate of drug-likeness (QED) is 0.680. The summed E-state index contributed by atoms with van der Waals surface area (Å²) < 4.78 is 0. The van der Waals surface area contributed by atoms with E-state index in [1.165, 1.54) is 31.4 Å². The molecule has 1 N–H and O–H groups in total. The molecule has 0 bridgehead atoms. The van der Waals surface area contributed by atoms with E-state index in [1.807, 2.05) is 0 Å². The summed E-state index contributed by atoms with van der Waals surface area (Å²) in [4.78, 5) is 2.49. The van der Waals surface area contributed by atoms with Gasteiger partial charge in [0.15, 0.2) is 0 Å². The van der Waals surface area contributed by atoms with Gasteiger partial charge in [-0.25, -0.2) is 0 Å². The normalized spacial score (nSPS) is 13.2. The van der Waals surface area contributed by atoms with Crippen LogP contribution >= 0.6 is 0 Å². The van der Waals surface area contributed by atoms with Crippen LogP contribution in [0.15, 0.2) is 30.3 Å². The van der Waals surface area contributed by atoms with Crippen LogP contribution in [0, 0.1) is 0 Å². The van der Waals surface area contributed by atoms with Crippen LogP contribution in [0.5, 0.6) is 0 Å². The van der Waals surface area contributed by atoms with Crippen molar-refractivity contribution in [3.8, 4) is 0 Å². The minimum absolute atomic E-state index is 0.473. The van der Waals surface area contributed by atoms with Gasteiger partial charge < -0.3 is 5.32 Å². The van der Waals surface area contributed by atoms with Gasteiger partial charge in [-0.1, -0.05) is 63.9 Å². The molecule has 0 spiro atoms. The van der Waals surface area contributed by atoms with Gasteiger partial charge in [0.2, 0.25) is 0 Å². The first-order chi connectivity index (χ1) is 9.15. The number of nitrogens with one attached hydrogen (secondary N) is 1. The van der Waals surface area contributed by atoms with Crippen LogP contribution in [0.3, 0.4) is 0 Å². The maximum absolute atomic E-state index is 3.57. The number of hydrogen-bond donors (Lipinski definition) is 1. The number of benzene rings is 1. The van der Waals surface area contributed by atoms with Crippen LogP contribution in [-0.2, 0) is 0 Å². The summed E-state index contributed by atoms with van der Waals surface area (Å²) in [7, 11) is 2.25. The Hall–Kier alpha value is -0.860. The van der Waals surface area contributed by atoms with E-state index in [-0.39, 0.29) is 0 Å². The zero-order valence-corrected chi connectivity index (χ0v) is 13.0. The fourth-order valence-corrected chi connectivity index (χ4v) is 2.32. The van der Waals surface area contributed by atoms with Crippen molar-refractivity contribution in [2.75, 3.05) is 20.1 Å². The van der Waals surface area contributed by atoms with E-state index in [4.69, 9.17) is 0 Å². The predicted molar refractivity (Wildman–Crippen MR) is 84.5 cm³/mol. The van der Waals surface area contributed by atoms with E-state index < -0.39 is 0 Å². The topological polar surface area (TPSA) is 15.3 Å². The predicted octanol–water partition coefficient (Wildman–Crippen LogP) is 3.85. The van der Waals surface area contributed by atoms with Crippen LogP contribution in [0.1, 0.15) is 51.6 Å². The Labute approximate surface area is 119 Å². The lowest BCUT2D eigenvalue weighted by Crippen LogP contribution is -2.36. The van der Waals surface area contributed by atoms with Crippen molar-refractivity contribution in [2.45, 2.75) is 52.1 Å². The molecule has 0 saturated heterocycles. The van der Waals surface area contributed by atoms with E-state index in [0.29, 0.717) is 12.1 Å². The zero-order chi connectivity index (χ0) is 14.1. The monoisotopic (exact) mass is 262 g/mol. The second-order valence-electron chi connectivity index (χ2n) is 5.68. The molecular weight excluding hydrogens is 232 g/mol. The average Bonchev–Trinajstić information content (AvgIpc) is 2.40. The van der Waals surface area contributed by atoms with E-state index in [0.717, 1.165) is 6.54 Å². The van der Waals surface area contributed by atoms with Crippen molar-refractivity contribution < 1.29 is 0 Å². The Morgan fingerprint density at radius 1 is 1.11 bits per heavy atom. The third kappa shape index (κ3) is 6.22. The third-order valence-electron chi connectivity index (χ3n) is 3.55. The lowest BCUT2D eigenvalue weighted by Gasteiger charge is -2.29. The fourth-order valence-electron chi connectivity index (χ4n) is 2.32. The van der Waals surface area contributed by atoms with E-state index >= 15 is 0 Å². The molecule has 0 fully saturated rings. The van der Waals surface area contributed by atoms with Gasteiger partial charge in [0, 0.05) is 18.6 Å². The molecule has 0 aromatic heterocycles. The van der Waals surface area contributed by atoms with Crippen LogP contribution in [0.4, 0.5) is 0 Å². The maximum Gasteiger partial charge on any atom is 0.0469 e. The molecule has 1 unspecified atom stereocenters. The van der Waals surface area contributed by atoms with Crippen molar-refractivity contribution in [3.63, 3.8) is 0 Å². The molecule has 2 nitrogen and oxygen atoms in total. The highest BCUT2D eigenvalue weighted by Crippen LogP contribution is 2.19. The third-order valence-corrected chi connectivity index (χ3v) is 3.55. The van der Waals surface area contributed by atoms with Crippen molar-refractivity contribution in [2.24, 2.45) is 0 Å². The van der Waals surface area contributed by atoms with Gasteiger partial charge in [-0.3, -0.25) is 4.90 Å². The lowest BCUT2D eigenvalue weighted by molar-refractivity contribution is 0.230. The molecule has 0 saturated carbocycles. The van der Waals surface area contributed by atoms with Crippen LogP contribution < -0.4 is 5.32 Å². The van der Waals surface area contributed by atoms with Crippen molar-refractivity contribution in [3.05, 3.63) is 35.9 Å². The first-order valence-electron chi connectivity index (χ1n) is 7.63. The van der Waals surface area contributed by atoms with Gasteiger partial charge in [-0.05, 0) is 25.6 Å². The zero-order valence-electron chi connectivity index (χ0n) is 13.0. The number of likely N-dealkylation sites (N-methyl/N-ethyl adjacent to an activating group) is 1. The van der Waals surface area contributed by atoms with Gasteiger partial charge in [0.25, 0.3) is 0 Å². The minimum atomic E-state index is 0.473. The van der Waals surface area contributed by atoms with Gasteiger partial charge >= 0.3 is 0 Å². The summed E-state index contributed by atoms with van der Waals surface area (Å²) in [5.74, 6) is 0. The molecule has 0 aliphatic carbocycles. The molecule has 0 radical (unpaired) electrons. The molecule has 1 rings (SSSR count). The SMILES string of the molecule is CCCCCN(C)C(CNC(C)C)c1ccccc1. The Kier molecular flexibility index (Phi) is 7.76. The molecule has 1 atom stereocenters. The van der Waals surface area contributed by atoms with Crippen molar-refractivity contribution in [1.29, 1.82) is 0 Å². The molecule has 0 heterocycles. The Morgan fingerprint density at radius 3 is 2.37 bits per heavy atom. The summed E-state index contributed by atoms with van der Waals surface area (Å²) in [6, 6.07) is 11.9. The first kappa shape index (κ1) is 16.2. The summed E-state index contributed by atoms with van der Waals surface area (Å²) in [6.07, 6.45) is 3.90. The van der Waals surface area contributed by atoms with Crippen LogP contribution in [0.25, 0.3) is 0 Å². The lowest BCUT2D eigenvalue weighted by atomic mass is 10.0. The molecule has 19 heavy (non-hydrogen) atoms. The summed E-state index contributed by atoms with van der Waals surface area (Å²) in [5.41, 5.74) is 1.41. The molecule has 1 aromatic carbocycles. The fraction of sp³-hybridized carbons (Fsp3) is 0.647. The summed E-state index contributed by atoms with van der Waals surface area (Å²) in [5, 5.41) is 3.57. The molecule has 1 aromatic rings. The number of rotatable bonds is 9. The molecule has 0 aliphatic rings. The number of nitrogens with zero attached hydrogens (tertiary/aromatic N) is 1. The van der Waals surface area contributed by atoms with Gasteiger partial charge in [0.05, 0.1) is 0 Å². The first-order valence-corrected chi connectivity index (χ1v) is 7.63. The average molecular weight is 262 g/mol. The molecular formula is C17H30N2. The second-order valence-corrected chi connectivity index (χ2v) is 5.68. The maximum atomic E-state index is 3.57. The number of hydrogen-bond acceptors (Lipinski definition) is 2.